The van der Waals surface area contributed by atoms with Gasteiger partial charge in [-0.25, -0.2) is 4.98 Å². The normalized spacial score (nSPS) is 11.5. The van der Waals surface area contributed by atoms with E-state index in [4.69, 9.17) is 4.74 Å². The Kier molecular flexibility index (Phi) is 4.81. The Morgan fingerprint density at radius 1 is 1.41 bits per heavy atom. The molecular weight excluding hydrogens is 299 g/mol. The lowest BCUT2D eigenvalue weighted by Gasteiger charge is -2.08. The van der Waals surface area contributed by atoms with Crippen LogP contribution in [0.25, 0.3) is 5.69 Å². The Balaban J connectivity index is 2.16. The van der Waals surface area contributed by atoms with Crippen LogP contribution in [0.3, 0.4) is 0 Å². The summed E-state index contributed by atoms with van der Waals surface area (Å²) in [7, 11) is 1.51. The van der Waals surface area contributed by atoms with Crippen LogP contribution in [-0.2, 0) is 10.9 Å². The number of methoxy groups -OCH3 is 1. The van der Waals surface area contributed by atoms with Crippen molar-refractivity contribution in [3.63, 3.8) is 0 Å². The standard InChI is InChI=1S/C14H14F3N3O2/c1-22-6-5-18-13(21)12-8-20(9-19-12)11-4-2-3-10(7-11)14(15,16)17/h2-4,7-9H,5-6H2,1H3,(H,18,21). The molecule has 1 heterocycles. The Morgan fingerprint density at radius 2 is 2.18 bits per heavy atom. The van der Waals surface area contributed by atoms with E-state index >= 15 is 0 Å². The smallest absolute Gasteiger partial charge is 0.383 e. The number of imidazole rings is 1. The van der Waals surface area contributed by atoms with Crippen LogP contribution in [-0.4, -0.2) is 35.7 Å². The van der Waals surface area contributed by atoms with Crippen LogP contribution in [0.1, 0.15) is 16.1 Å². The summed E-state index contributed by atoms with van der Waals surface area (Å²) >= 11 is 0. The molecule has 22 heavy (non-hydrogen) atoms. The summed E-state index contributed by atoms with van der Waals surface area (Å²) in [6, 6.07) is 4.78. The Hall–Kier alpha value is -2.35. The molecule has 0 saturated heterocycles. The zero-order chi connectivity index (χ0) is 16.2. The quantitative estimate of drug-likeness (QED) is 0.862. The minimum atomic E-state index is -4.42. The fraction of sp³-hybridized carbons (Fsp3) is 0.286. The molecule has 1 aromatic heterocycles. The molecule has 0 radical (unpaired) electrons. The van der Waals surface area contributed by atoms with Gasteiger partial charge in [0, 0.05) is 25.5 Å². The van der Waals surface area contributed by atoms with Crippen LogP contribution in [0.4, 0.5) is 13.2 Å². The minimum absolute atomic E-state index is 0.119. The van der Waals surface area contributed by atoms with E-state index in [1.54, 1.807) is 0 Å². The molecule has 0 atom stereocenters. The van der Waals surface area contributed by atoms with E-state index in [0.717, 1.165) is 12.1 Å². The molecule has 0 fully saturated rings. The first-order valence-corrected chi connectivity index (χ1v) is 6.40. The number of amides is 1. The first-order chi connectivity index (χ1) is 10.4. The molecule has 5 nitrogen and oxygen atoms in total. The van der Waals surface area contributed by atoms with Crippen molar-refractivity contribution >= 4 is 5.91 Å². The van der Waals surface area contributed by atoms with Crippen molar-refractivity contribution < 1.29 is 22.7 Å². The number of carbonyl (C=O) groups is 1. The molecule has 0 aliphatic carbocycles. The molecule has 2 aromatic rings. The number of hydrogen-bond acceptors (Lipinski definition) is 3. The highest BCUT2D eigenvalue weighted by molar-refractivity contribution is 5.92. The molecule has 0 aliphatic heterocycles. The number of halogens is 3. The third-order valence-electron chi connectivity index (χ3n) is 2.88. The molecule has 2 rings (SSSR count). The monoisotopic (exact) mass is 313 g/mol. The number of nitrogens with one attached hydrogen (secondary N) is 1. The van der Waals surface area contributed by atoms with Crippen LogP contribution in [0.15, 0.2) is 36.8 Å². The van der Waals surface area contributed by atoms with E-state index in [1.807, 2.05) is 0 Å². The summed E-state index contributed by atoms with van der Waals surface area (Å²) < 4.78 is 44.2. The third-order valence-corrected chi connectivity index (χ3v) is 2.88. The predicted octanol–water partition coefficient (Wildman–Crippen LogP) is 2.27. The fourth-order valence-corrected chi connectivity index (χ4v) is 1.78. The van der Waals surface area contributed by atoms with Gasteiger partial charge in [0.05, 0.1) is 12.2 Å². The summed E-state index contributed by atoms with van der Waals surface area (Å²) in [5.41, 5.74) is -0.364. The maximum atomic E-state index is 12.7. The molecule has 0 aliphatic rings. The number of hydrogen-bond donors (Lipinski definition) is 1. The van der Waals surface area contributed by atoms with Crippen molar-refractivity contribution in [2.24, 2.45) is 0 Å². The van der Waals surface area contributed by atoms with Crippen molar-refractivity contribution in [2.75, 3.05) is 20.3 Å². The van der Waals surface area contributed by atoms with Crippen LogP contribution < -0.4 is 5.32 Å². The summed E-state index contributed by atoms with van der Waals surface area (Å²) in [6.07, 6.45) is -1.75. The highest BCUT2D eigenvalue weighted by Gasteiger charge is 2.30. The number of nitrogens with zero attached hydrogens (tertiary/aromatic N) is 2. The fourth-order valence-electron chi connectivity index (χ4n) is 1.78. The molecule has 0 spiro atoms. The van der Waals surface area contributed by atoms with E-state index in [-0.39, 0.29) is 11.4 Å². The molecule has 1 N–H and O–H groups in total. The van der Waals surface area contributed by atoms with Gasteiger partial charge in [-0.15, -0.1) is 0 Å². The lowest BCUT2D eigenvalue weighted by molar-refractivity contribution is -0.137. The van der Waals surface area contributed by atoms with Gasteiger partial charge in [-0.1, -0.05) is 6.07 Å². The highest BCUT2D eigenvalue weighted by Crippen LogP contribution is 2.30. The third kappa shape index (κ3) is 3.85. The van der Waals surface area contributed by atoms with Gasteiger partial charge in [-0.3, -0.25) is 4.79 Å². The highest BCUT2D eigenvalue weighted by atomic mass is 19.4. The molecule has 0 unspecified atom stereocenters. The van der Waals surface area contributed by atoms with Gasteiger partial charge in [0.15, 0.2) is 0 Å². The summed E-state index contributed by atoms with van der Waals surface area (Å²) in [5.74, 6) is -0.414. The van der Waals surface area contributed by atoms with Gasteiger partial charge in [0.2, 0.25) is 0 Å². The molecular formula is C14H14F3N3O2. The van der Waals surface area contributed by atoms with E-state index in [1.165, 1.54) is 36.3 Å². The van der Waals surface area contributed by atoms with Gasteiger partial charge in [0.25, 0.3) is 5.91 Å². The molecule has 118 valence electrons. The average Bonchev–Trinajstić information content (AvgIpc) is 2.96. The number of rotatable bonds is 5. The van der Waals surface area contributed by atoms with Gasteiger partial charge < -0.3 is 14.6 Å². The van der Waals surface area contributed by atoms with Crippen molar-refractivity contribution in [2.45, 2.75) is 6.18 Å². The SMILES string of the molecule is COCCNC(=O)c1cn(-c2cccc(C(F)(F)F)c2)cn1. The number of alkyl halides is 3. The summed E-state index contributed by atoms with van der Waals surface area (Å²) in [5, 5.41) is 2.58. The number of ether oxygens (including phenoxy) is 1. The maximum absolute atomic E-state index is 12.7. The lowest BCUT2D eigenvalue weighted by Crippen LogP contribution is -2.27. The van der Waals surface area contributed by atoms with E-state index < -0.39 is 17.6 Å². The van der Waals surface area contributed by atoms with Crippen molar-refractivity contribution in [3.05, 3.63) is 48.0 Å². The topological polar surface area (TPSA) is 56.1 Å². The lowest BCUT2D eigenvalue weighted by atomic mass is 10.2. The maximum Gasteiger partial charge on any atom is 0.416 e. The Labute approximate surface area is 124 Å². The Bertz CT molecular complexity index is 653. The second-order valence-corrected chi connectivity index (χ2v) is 4.46. The van der Waals surface area contributed by atoms with E-state index in [2.05, 4.69) is 10.3 Å². The van der Waals surface area contributed by atoms with Gasteiger partial charge in [-0.2, -0.15) is 13.2 Å². The van der Waals surface area contributed by atoms with E-state index in [0.29, 0.717) is 13.2 Å². The van der Waals surface area contributed by atoms with E-state index in [9.17, 15) is 18.0 Å². The molecule has 0 saturated carbocycles. The number of aromatic nitrogens is 2. The second kappa shape index (κ2) is 6.61. The average molecular weight is 313 g/mol. The van der Waals surface area contributed by atoms with Crippen LogP contribution in [0.2, 0.25) is 0 Å². The van der Waals surface area contributed by atoms with Crippen molar-refractivity contribution in [3.8, 4) is 5.69 Å². The zero-order valence-electron chi connectivity index (χ0n) is 11.7. The first kappa shape index (κ1) is 16.0. The zero-order valence-corrected chi connectivity index (χ0v) is 11.7. The Morgan fingerprint density at radius 3 is 2.86 bits per heavy atom. The van der Waals surface area contributed by atoms with Gasteiger partial charge in [0.1, 0.15) is 12.0 Å². The number of carbonyl (C=O) groups excluding carboxylic acids is 1. The van der Waals surface area contributed by atoms with Crippen molar-refractivity contribution in [1.82, 2.24) is 14.9 Å². The van der Waals surface area contributed by atoms with Crippen molar-refractivity contribution in [1.29, 1.82) is 0 Å². The molecule has 1 amide bonds. The van der Waals surface area contributed by atoms with Crippen LogP contribution >= 0.6 is 0 Å². The minimum Gasteiger partial charge on any atom is -0.383 e. The van der Waals surface area contributed by atoms with Crippen LogP contribution in [0.5, 0.6) is 0 Å². The number of benzene rings is 1. The molecule has 0 bridgehead atoms. The van der Waals surface area contributed by atoms with Crippen LogP contribution in [0, 0.1) is 0 Å². The van der Waals surface area contributed by atoms with Gasteiger partial charge >= 0.3 is 6.18 Å². The van der Waals surface area contributed by atoms with Gasteiger partial charge in [-0.05, 0) is 18.2 Å². The summed E-state index contributed by atoms with van der Waals surface area (Å²) in [4.78, 5) is 15.7. The summed E-state index contributed by atoms with van der Waals surface area (Å²) in [6.45, 7) is 0.686. The molecule has 1 aromatic carbocycles. The predicted molar refractivity (Wildman–Crippen MR) is 72.8 cm³/mol. The first-order valence-electron chi connectivity index (χ1n) is 6.40. The molecule has 8 heteroatoms. The second-order valence-electron chi connectivity index (χ2n) is 4.46. The largest absolute Gasteiger partial charge is 0.416 e.